The highest BCUT2D eigenvalue weighted by molar-refractivity contribution is 5.85. The minimum atomic E-state index is 0.0296. The molecule has 0 spiro atoms. The zero-order valence-electron chi connectivity index (χ0n) is 6.95. The van der Waals surface area contributed by atoms with Gasteiger partial charge in [0.1, 0.15) is 6.29 Å². The van der Waals surface area contributed by atoms with E-state index in [1.54, 1.807) is 0 Å². The normalized spacial score (nSPS) is 12.1. The number of unbranched alkanes of at least 4 members (excludes halogenated alkanes) is 1. The fraction of sp³-hybridized carbons (Fsp3) is 0.500. The maximum Gasteiger partial charge on any atom is 0.166 e. The largest absolute Gasteiger partial charge is 0.396 e. The van der Waals surface area contributed by atoms with E-state index >= 15 is 0 Å². The van der Waals surface area contributed by atoms with Crippen LogP contribution in [0.25, 0.3) is 0 Å². The van der Waals surface area contributed by atoms with Crippen molar-refractivity contribution >= 4 is 12.6 Å². The average molecular weight is 170 g/mol. The third-order valence-corrected chi connectivity index (χ3v) is 1.54. The summed E-state index contributed by atoms with van der Waals surface area (Å²) in [6.07, 6.45) is 3.28. The van der Waals surface area contributed by atoms with E-state index in [0.717, 1.165) is 12.8 Å². The molecule has 4 heteroatoms. The van der Waals surface area contributed by atoms with Gasteiger partial charge in [0.15, 0.2) is 6.29 Å². The van der Waals surface area contributed by atoms with E-state index in [1.165, 1.54) is 0 Å². The van der Waals surface area contributed by atoms with Crippen LogP contribution >= 0.6 is 0 Å². The van der Waals surface area contributed by atoms with Crippen LogP contribution in [0.3, 0.4) is 0 Å². The first-order valence-electron chi connectivity index (χ1n) is 3.85. The summed E-state index contributed by atoms with van der Waals surface area (Å²) in [6.45, 7) is 0.590. The lowest BCUT2D eigenvalue weighted by Gasteiger charge is -1.99. The quantitative estimate of drug-likeness (QED) is 0.326. The topological polar surface area (TPSA) is 86.2 Å². The van der Waals surface area contributed by atoms with Crippen molar-refractivity contribution in [3.63, 3.8) is 0 Å². The molecule has 0 aliphatic heterocycles. The molecule has 0 unspecified atom stereocenters. The van der Waals surface area contributed by atoms with Crippen LogP contribution in [0.2, 0.25) is 0 Å². The summed E-state index contributed by atoms with van der Waals surface area (Å²) in [7, 11) is 0. The van der Waals surface area contributed by atoms with E-state index < -0.39 is 0 Å². The van der Waals surface area contributed by atoms with Crippen molar-refractivity contribution in [2.75, 3.05) is 6.54 Å². The van der Waals surface area contributed by atoms with Crippen molar-refractivity contribution in [1.29, 1.82) is 0 Å². The van der Waals surface area contributed by atoms with Gasteiger partial charge in [-0.05, 0) is 25.8 Å². The molecule has 4 nitrogen and oxygen atoms in total. The van der Waals surface area contributed by atoms with Crippen LogP contribution < -0.4 is 11.5 Å². The summed E-state index contributed by atoms with van der Waals surface area (Å²) < 4.78 is 0. The zero-order chi connectivity index (χ0) is 9.40. The van der Waals surface area contributed by atoms with E-state index in [1.807, 2.05) is 0 Å². The van der Waals surface area contributed by atoms with E-state index in [0.29, 0.717) is 31.1 Å². The molecule has 0 fully saturated rings. The molecule has 0 aliphatic rings. The third kappa shape index (κ3) is 3.88. The monoisotopic (exact) mass is 170 g/mol. The van der Waals surface area contributed by atoms with Crippen LogP contribution in [0.1, 0.15) is 19.3 Å². The number of aldehydes is 2. The zero-order valence-corrected chi connectivity index (χ0v) is 6.95. The molecule has 0 bridgehead atoms. The number of carbonyl (C=O) groups excluding carboxylic acids is 2. The molecule has 0 amide bonds. The standard InChI is InChI=1S/C8H14N2O2/c9-4-2-1-3-7(5-11)8(10)6-12/h5-6H,1-4,9-10H2. The first-order chi connectivity index (χ1) is 5.76. The average Bonchev–Trinajstić information content (AvgIpc) is 2.11. The Hall–Kier alpha value is -1.16. The number of hydrogen-bond donors (Lipinski definition) is 2. The predicted octanol–water partition coefficient (Wildman–Crippen LogP) is -0.274. The molecule has 68 valence electrons. The summed E-state index contributed by atoms with van der Waals surface area (Å²) in [5.74, 6) is 0. The molecule has 0 aromatic carbocycles. The highest BCUT2D eigenvalue weighted by Crippen LogP contribution is 2.05. The highest BCUT2D eigenvalue weighted by Gasteiger charge is 2.00. The Balaban J connectivity index is 3.99. The smallest absolute Gasteiger partial charge is 0.166 e. The van der Waals surface area contributed by atoms with Crippen LogP contribution in [-0.4, -0.2) is 19.1 Å². The van der Waals surface area contributed by atoms with Crippen LogP contribution in [0, 0.1) is 0 Å². The summed E-state index contributed by atoms with van der Waals surface area (Å²) in [5, 5.41) is 0. The fourth-order valence-electron chi connectivity index (χ4n) is 0.807. The SMILES string of the molecule is NCCCCC(C=O)=C(N)C=O. The van der Waals surface area contributed by atoms with E-state index in [2.05, 4.69) is 0 Å². The van der Waals surface area contributed by atoms with Gasteiger partial charge in [-0.25, -0.2) is 0 Å². The van der Waals surface area contributed by atoms with Crippen molar-refractivity contribution in [3.8, 4) is 0 Å². The van der Waals surface area contributed by atoms with Crippen molar-refractivity contribution in [2.24, 2.45) is 11.5 Å². The van der Waals surface area contributed by atoms with E-state index in [-0.39, 0.29) is 5.70 Å². The third-order valence-electron chi connectivity index (χ3n) is 1.54. The lowest BCUT2D eigenvalue weighted by molar-refractivity contribution is -0.107. The molecule has 0 heterocycles. The molecule has 0 saturated heterocycles. The van der Waals surface area contributed by atoms with Gasteiger partial charge in [-0.2, -0.15) is 0 Å². The van der Waals surface area contributed by atoms with Gasteiger partial charge in [0.25, 0.3) is 0 Å². The van der Waals surface area contributed by atoms with Crippen LogP contribution in [-0.2, 0) is 9.59 Å². The second-order valence-electron chi connectivity index (χ2n) is 2.46. The maximum absolute atomic E-state index is 10.4. The van der Waals surface area contributed by atoms with Gasteiger partial charge in [0.05, 0.1) is 5.70 Å². The molecule has 0 radical (unpaired) electrons. The van der Waals surface area contributed by atoms with Crippen molar-refractivity contribution in [3.05, 3.63) is 11.3 Å². The van der Waals surface area contributed by atoms with Crippen molar-refractivity contribution in [2.45, 2.75) is 19.3 Å². The van der Waals surface area contributed by atoms with Gasteiger partial charge in [-0.1, -0.05) is 0 Å². The highest BCUT2D eigenvalue weighted by atomic mass is 16.1. The number of allylic oxidation sites excluding steroid dienone is 2. The molecule has 0 aliphatic carbocycles. The van der Waals surface area contributed by atoms with Crippen molar-refractivity contribution < 1.29 is 9.59 Å². The molecule has 12 heavy (non-hydrogen) atoms. The summed E-state index contributed by atoms with van der Waals surface area (Å²) >= 11 is 0. The molecule has 0 atom stereocenters. The van der Waals surface area contributed by atoms with Crippen molar-refractivity contribution in [1.82, 2.24) is 0 Å². The minimum Gasteiger partial charge on any atom is -0.396 e. The minimum absolute atomic E-state index is 0.0296. The van der Waals surface area contributed by atoms with Crippen LogP contribution in [0.4, 0.5) is 0 Å². The summed E-state index contributed by atoms with van der Waals surface area (Å²) in [5.41, 5.74) is 10.9. The number of hydrogen-bond acceptors (Lipinski definition) is 4. The Kier molecular flexibility index (Phi) is 5.91. The second-order valence-corrected chi connectivity index (χ2v) is 2.46. The van der Waals surface area contributed by atoms with Crippen LogP contribution in [0.5, 0.6) is 0 Å². The van der Waals surface area contributed by atoms with Gasteiger partial charge in [0, 0.05) is 5.57 Å². The summed E-state index contributed by atoms with van der Waals surface area (Å²) in [4.78, 5) is 20.5. The number of rotatable bonds is 6. The first kappa shape index (κ1) is 10.8. The maximum atomic E-state index is 10.4. The Bertz CT molecular complexity index is 187. The number of nitrogens with two attached hydrogens (primary N) is 2. The Morgan fingerprint density at radius 1 is 1.17 bits per heavy atom. The van der Waals surface area contributed by atoms with Gasteiger partial charge in [-0.15, -0.1) is 0 Å². The molecular weight excluding hydrogens is 156 g/mol. The second kappa shape index (κ2) is 6.54. The molecular formula is C8H14N2O2. The molecule has 4 N–H and O–H groups in total. The lowest BCUT2D eigenvalue weighted by Crippen LogP contribution is -2.06. The van der Waals surface area contributed by atoms with Gasteiger partial charge < -0.3 is 11.5 Å². The number of carbonyl (C=O) groups is 2. The van der Waals surface area contributed by atoms with E-state index in [4.69, 9.17) is 11.5 Å². The van der Waals surface area contributed by atoms with E-state index in [9.17, 15) is 9.59 Å². The Morgan fingerprint density at radius 2 is 1.83 bits per heavy atom. The lowest BCUT2D eigenvalue weighted by atomic mass is 10.1. The molecule has 0 rings (SSSR count). The molecule has 0 aromatic rings. The predicted molar refractivity (Wildman–Crippen MR) is 46.2 cm³/mol. The van der Waals surface area contributed by atoms with Gasteiger partial charge in [-0.3, -0.25) is 9.59 Å². The fourth-order valence-corrected chi connectivity index (χ4v) is 0.807. The molecule has 0 aromatic heterocycles. The Labute approximate surface area is 71.6 Å². The first-order valence-corrected chi connectivity index (χ1v) is 3.85. The summed E-state index contributed by atoms with van der Waals surface area (Å²) in [6, 6.07) is 0. The Morgan fingerprint density at radius 3 is 2.25 bits per heavy atom. The van der Waals surface area contributed by atoms with Crippen LogP contribution in [0.15, 0.2) is 11.3 Å². The molecule has 0 saturated carbocycles. The van der Waals surface area contributed by atoms with Gasteiger partial charge in [0.2, 0.25) is 0 Å². The van der Waals surface area contributed by atoms with Gasteiger partial charge >= 0.3 is 0 Å².